The number of nitrogens with one attached hydrogen (secondary N) is 1. The van der Waals surface area contributed by atoms with Crippen LogP contribution in [0.5, 0.6) is 5.75 Å². The standard InChI is InChI=1S/C25H22F3N7O4S/c1-4-40(37)24-19(22-31-17-11-15(25(26,27)28)12-30-20(17)34(22)2)21-29-10-9-18(35(21)32-24)23(36)33-39-13-14-5-7-16(38-3)8-6-14/h5-12H,4,13H2,1-3H3,(H,33,36). The lowest BCUT2D eigenvalue weighted by atomic mass is 10.2. The topological polar surface area (TPSA) is 126 Å². The molecule has 4 heterocycles. The molecule has 0 bridgehead atoms. The largest absolute Gasteiger partial charge is 0.497 e. The summed E-state index contributed by atoms with van der Waals surface area (Å²) in [6.07, 6.45) is -2.51. The fourth-order valence-electron chi connectivity index (χ4n) is 4.00. The molecule has 1 atom stereocenters. The van der Waals surface area contributed by atoms with Crippen LogP contribution < -0.4 is 10.2 Å². The highest BCUT2D eigenvalue weighted by atomic mass is 32.2. The van der Waals surface area contributed by atoms with E-state index in [9.17, 15) is 22.2 Å². The van der Waals surface area contributed by atoms with Gasteiger partial charge in [0.25, 0.3) is 5.91 Å². The Morgan fingerprint density at radius 1 is 1.12 bits per heavy atom. The molecule has 1 N–H and O–H groups in total. The number of fused-ring (bicyclic) bond motifs is 2. The van der Waals surface area contributed by atoms with Crippen LogP contribution in [0.15, 0.2) is 53.8 Å². The summed E-state index contributed by atoms with van der Waals surface area (Å²) in [5.74, 6) is 0.364. The maximum Gasteiger partial charge on any atom is 0.417 e. The average Bonchev–Trinajstić information content (AvgIpc) is 3.49. The number of alkyl halides is 3. The SMILES string of the molecule is CCS(=O)c1nn2c(C(=O)NOCc3ccc(OC)cc3)ccnc2c1-c1nc2cc(C(F)(F)F)cnc2n1C. The lowest BCUT2D eigenvalue weighted by Crippen LogP contribution is -2.26. The van der Waals surface area contributed by atoms with Crippen molar-refractivity contribution in [2.24, 2.45) is 7.05 Å². The smallest absolute Gasteiger partial charge is 0.417 e. The van der Waals surface area contributed by atoms with Crippen molar-refractivity contribution < 1.29 is 31.7 Å². The van der Waals surface area contributed by atoms with Gasteiger partial charge < -0.3 is 9.30 Å². The first-order valence-electron chi connectivity index (χ1n) is 11.8. The van der Waals surface area contributed by atoms with Crippen LogP contribution in [0.3, 0.4) is 0 Å². The number of aryl methyl sites for hydroxylation is 1. The molecular formula is C25H22F3N7O4S. The summed E-state index contributed by atoms with van der Waals surface area (Å²) in [5, 5.41) is 4.48. The van der Waals surface area contributed by atoms with Crippen molar-refractivity contribution in [3.05, 3.63) is 65.6 Å². The van der Waals surface area contributed by atoms with Crippen LogP contribution in [0.25, 0.3) is 28.2 Å². The molecule has 0 spiro atoms. The van der Waals surface area contributed by atoms with Gasteiger partial charge in [-0.05, 0) is 29.8 Å². The third-order valence-electron chi connectivity index (χ3n) is 6.02. The summed E-state index contributed by atoms with van der Waals surface area (Å²) in [6.45, 7) is 1.76. The van der Waals surface area contributed by atoms with E-state index in [-0.39, 0.29) is 51.3 Å². The van der Waals surface area contributed by atoms with Gasteiger partial charge >= 0.3 is 6.18 Å². The minimum atomic E-state index is -4.60. The van der Waals surface area contributed by atoms with Crippen molar-refractivity contribution in [2.75, 3.05) is 12.9 Å². The van der Waals surface area contributed by atoms with Gasteiger partial charge in [0.15, 0.2) is 16.3 Å². The summed E-state index contributed by atoms with van der Waals surface area (Å²) >= 11 is 0. The molecule has 0 fully saturated rings. The van der Waals surface area contributed by atoms with E-state index in [1.54, 1.807) is 45.3 Å². The summed E-state index contributed by atoms with van der Waals surface area (Å²) in [6, 6.07) is 9.37. The highest BCUT2D eigenvalue weighted by molar-refractivity contribution is 7.85. The molecule has 0 saturated heterocycles. The van der Waals surface area contributed by atoms with E-state index in [2.05, 4.69) is 25.5 Å². The zero-order valence-electron chi connectivity index (χ0n) is 21.4. The Morgan fingerprint density at radius 2 is 1.88 bits per heavy atom. The molecule has 4 aromatic heterocycles. The molecule has 5 rings (SSSR count). The summed E-state index contributed by atoms with van der Waals surface area (Å²) in [5.41, 5.74) is 2.73. The number of pyridine rings is 1. The number of rotatable bonds is 8. The first-order chi connectivity index (χ1) is 19.1. The van der Waals surface area contributed by atoms with Crippen molar-refractivity contribution in [1.82, 2.24) is 34.6 Å². The third-order valence-corrected chi connectivity index (χ3v) is 7.26. The van der Waals surface area contributed by atoms with Gasteiger partial charge in [0, 0.05) is 25.2 Å². The molecule has 1 unspecified atom stereocenters. The third kappa shape index (κ3) is 5.00. The summed E-state index contributed by atoms with van der Waals surface area (Å²) in [7, 11) is 1.48. The van der Waals surface area contributed by atoms with E-state index in [1.165, 1.54) is 21.3 Å². The fraction of sp³-hybridized carbons (Fsp3) is 0.240. The second kappa shape index (κ2) is 10.7. The number of carbonyl (C=O) groups is 1. The molecule has 0 saturated carbocycles. The van der Waals surface area contributed by atoms with Crippen molar-refractivity contribution >= 4 is 33.5 Å². The number of carbonyl (C=O) groups excluding carboxylic acids is 1. The monoisotopic (exact) mass is 573 g/mol. The van der Waals surface area contributed by atoms with Gasteiger partial charge in [0.1, 0.15) is 22.8 Å². The predicted octanol–water partition coefficient (Wildman–Crippen LogP) is 3.69. The number of aromatic nitrogens is 6. The van der Waals surface area contributed by atoms with Crippen LogP contribution in [-0.2, 0) is 35.5 Å². The number of amides is 1. The Morgan fingerprint density at radius 3 is 2.55 bits per heavy atom. The molecule has 0 radical (unpaired) electrons. The van der Waals surface area contributed by atoms with Gasteiger partial charge in [0.2, 0.25) is 0 Å². The molecule has 15 heteroatoms. The zero-order chi connectivity index (χ0) is 28.6. The average molecular weight is 574 g/mol. The van der Waals surface area contributed by atoms with E-state index in [0.717, 1.165) is 17.8 Å². The van der Waals surface area contributed by atoms with E-state index < -0.39 is 28.4 Å². The summed E-state index contributed by atoms with van der Waals surface area (Å²) in [4.78, 5) is 31.0. The van der Waals surface area contributed by atoms with Crippen molar-refractivity contribution in [3.63, 3.8) is 0 Å². The number of nitrogens with zero attached hydrogens (tertiary/aromatic N) is 6. The number of halogens is 3. The Bertz CT molecular complexity index is 1750. The van der Waals surface area contributed by atoms with Crippen molar-refractivity contribution in [1.29, 1.82) is 0 Å². The van der Waals surface area contributed by atoms with E-state index >= 15 is 0 Å². The van der Waals surface area contributed by atoms with Gasteiger partial charge in [-0.25, -0.2) is 24.9 Å². The number of hydrogen-bond donors (Lipinski definition) is 1. The lowest BCUT2D eigenvalue weighted by molar-refractivity contribution is -0.137. The van der Waals surface area contributed by atoms with Gasteiger partial charge in [-0.1, -0.05) is 19.1 Å². The fourth-order valence-corrected chi connectivity index (χ4v) is 4.86. The highest BCUT2D eigenvalue weighted by Crippen LogP contribution is 2.34. The van der Waals surface area contributed by atoms with Crippen LogP contribution in [0.2, 0.25) is 0 Å². The molecule has 40 heavy (non-hydrogen) atoms. The van der Waals surface area contributed by atoms with Crippen LogP contribution >= 0.6 is 0 Å². The first kappa shape index (κ1) is 27.2. The number of benzene rings is 1. The van der Waals surface area contributed by atoms with Gasteiger partial charge in [-0.2, -0.15) is 18.3 Å². The van der Waals surface area contributed by atoms with Crippen LogP contribution in [-0.4, -0.2) is 52.1 Å². The number of methoxy groups -OCH3 is 1. The van der Waals surface area contributed by atoms with E-state index in [1.807, 2.05) is 0 Å². The number of hydroxylamine groups is 1. The normalized spacial score (nSPS) is 12.7. The Labute approximate surface area is 227 Å². The molecule has 0 aliphatic heterocycles. The minimum absolute atomic E-state index is 0.0132. The zero-order valence-corrected chi connectivity index (χ0v) is 22.2. The quantitative estimate of drug-likeness (QED) is 0.279. The highest BCUT2D eigenvalue weighted by Gasteiger charge is 2.32. The molecular weight excluding hydrogens is 551 g/mol. The van der Waals surface area contributed by atoms with E-state index in [4.69, 9.17) is 9.57 Å². The number of ether oxygens (including phenoxy) is 1. The van der Waals surface area contributed by atoms with E-state index in [0.29, 0.717) is 5.75 Å². The molecule has 5 aromatic rings. The molecule has 11 nitrogen and oxygen atoms in total. The minimum Gasteiger partial charge on any atom is -0.497 e. The Balaban J connectivity index is 1.53. The molecule has 0 aliphatic rings. The molecule has 0 aliphatic carbocycles. The first-order valence-corrected chi connectivity index (χ1v) is 13.2. The molecule has 1 amide bonds. The van der Waals surface area contributed by atoms with Crippen LogP contribution in [0.1, 0.15) is 28.5 Å². The lowest BCUT2D eigenvalue weighted by Gasteiger charge is -2.08. The summed E-state index contributed by atoms with van der Waals surface area (Å²) < 4.78 is 60.6. The van der Waals surface area contributed by atoms with Gasteiger partial charge in [0.05, 0.1) is 35.6 Å². The second-order valence-electron chi connectivity index (χ2n) is 8.51. The maximum absolute atomic E-state index is 13.3. The maximum atomic E-state index is 13.3. The number of hydrogen-bond acceptors (Lipinski definition) is 8. The Hall–Kier alpha value is -4.37. The predicted molar refractivity (Wildman–Crippen MR) is 138 cm³/mol. The Kier molecular flexibility index (Phi) is 7.25. The number of imidazole rings is 1. The van der Waals surface area contributed by atoms with Gasteiger partial charge in [-0.15, -0.1) is 0 Å². The van der Waals surface area contributed by atoms with Crippen LogP contribution in [0.4, 0.5) is 13.2 Å². The van der Waals surface area contributed by atoms with Crippen LogP contribution in [0, 0.1) is 0 Å². The van der Waals surface area contributed by atoms with Gasteiger partial charge in [-0.3, -0.25) is 13.8 Å². The van der Waals surface area contributed by atoms with Crippen molar-refractivity contribution in [2.45, 2.75) is 24.7 Å². The molecule has 208 valence electrons. The molecule has 1 aromatic carbocycles. The second-order valence-corrected chi connectivity index (χ2v) is 10.2. The van der Waals surface area contributed by atoms with Crippen molar-refractivity contribution in [3.8, 4) is 17.1 Å².